The molecule has 1 unspecified atom stereocenters. The summed E-state index contributed by atoms with van der Waals surface area (Å²) < 4.78 is 33.4. The Balaban J connectivity index is 2.18. The van der Waals surface area contributed by atoms with Gasteiger partial charge in [0.05, 0.1) is 5.02 Å². The number of hydrogen-bond acceptors (Lipinski definition) is 6. The second kappa shape index (κ2) is 9.78. The number of hydrogen-bond donors (Lipinski definition) is 0. The maximum absolute atomic E-state index is 12.8. The molecule has 0 saturated heterocycles. The number of rotatable bonds is 8. The molecule has 0 radical (unpaired) electrons. The molecule has 0 saturated carbocycles. The predicted molar refractivity (Wildman–Crippen MR) is 104 cm³/mol. The SMILES string of the molecule is COP(=O)(OC)C(OC(=O)COc1ccc(Cl)cc1Cl)c1ccccc1Cl. The average molecular weight is 454 g/mol. The summed E-state index contributed by atoms with van der Waals surface area (Å²) in [5.74, 6) is -1.94. The van der Waals surface area contributed by atoms with Gasteiger partial charge in [0, 0.05) is 29.8 Å². The van der Waals surface area contributed by atoms with Crippen molar-refractivity contribution in [3.05, 3.63) is 63.1 Å². The number of ether oxygens (including phenoxy) is 2. The lowest BCUT2D eigenvalue weighted by molar-refractivity contribution is -0.149. The first kappa shape index (κ1) is 22.0. The van der Waals surface area contributed by atoms with Gasteiger partial charge in [0.1, 0.15) is 5.75 Å². The van der Waals surface area contributed by atoms with Gasteiger partial charge in [-0.15, -0.1) is 0 Å². The fourth-order valence-corrected chi connectivity index (χ4v) is 4.25. The van der Waals surface area contributed by atoms with Crippen molar-refractivity contribution >= 4 is 48.4 Å². The predicted octanol–water partition coefficient (Wildman–Crippen LogP) is 5.75. The number of carbonyl (C=O) groups excluding carboxylic acids is 1. The fraction of sp³-hybridized carbons (Fsp3) is 0.235. The highest BCUT2D eigenvalue weighted by Gasteiger charge is 2.40. The molecule has 0 N–H and O–H groups in total. The van der Waals surface area contributed by atoms with E-state index in [1.54, 1.807) is 30.3 Å². The lowest BCUT2D eigenvalue weighted by atomic mass is 10.2. The van der Waals surface area contributed by atoms with Crippen LogP contribution in [0.15, 0.2) is 42.5 Å². The Morgan fingerprint density at radius 1 is 1.04 bits per heavy atom. The second-order valence-corrected chi connectivity index (χ2v) is 8.66. The molecule has 6 nitrogen and oxygen atoms in total. The number of carbonyl (C=O) groups is 1. The van der Waals surface area contributed by atoms with Gasteiger partial charge < -0.3 is 18.5 Å². The molecule has 0 fully saturated rings. The van der Waals surface area contributed by atoms with E-state index in [9.17, 15) is 9.36 Å². The molecule has 0 amide bonds. The number of benzene rings is 2. The molecule has 0 heterocycles. The van der Waals surface area contributed by atoms with E-state index in [4.69, 9.17) is 53.3 Å². The molecule has 0 bridgehead atoms. The van der Waals surface area contributed by atoms with Crippen molar-refractivity contribution in [3.63, 3.8) is 0 Å². The minimum atomic E-state index is -3.83. The Morgan fingerprint density at radius 3 is 2.30 bits per heavy atom. The van der Waals surface area contributed by atoms with Gasteiger partial charge in [-0.05, 0) is 24.3 Å². The van der Waals surface area contributed by atoms with Crippen LogP contribution in [0, 0.1) is 0 Å². The Labute approximate surface area is 171 Å². The van der Waals surface area contributed by atoms with E-state index in [-0.39, 0.29) is 21.4 Å². The maximum atomic E-state index is 12.8. The molecule has 2 aromatic rings. The second-order valence-electron chi connectivity index (χ2n) is 5.13. The molecule has 0 aliphatic carbocycles. The number of halogens is 3. The lowest BCUT2D eigenvalue weighted by Gasteiger charge is -2.25. The summed E-state index contributed by atoms with van der Waals surface area (Å²) in [6, 6.07) is 11.0. The monoisotopic (exact) mass is 452 g/mol. The Morgan fingerprint density at radius 2 is 1.70 bits per heavy atom. The smallest absolute Gasteiger partial charge is 0.375 e. The van der Waals surface area contributed by atoms with E-state index in [0.29, 0.717) is 5.02 Å². The number of esters is 1. The molecule has 2 rings (SSSR count). The molecule has 0 aromatic heterocycles. The third kappa shape index (κ3) is 5.61. The van der Waals surface area contributed by atoms with Gasteiger partial charge in [0.2, 0.25) is 5.85 Å². The van der Waals surface area contributed by atoms with E-state index in [1.807, 2.05) is 0 Å². The Kier molecular flexibility index (Phi) is 7.98. The largest absolute Gasteiger partial charge is 0.480 e. The van der Waals surface area contributed by atoms with Crippen LogP contribution in [-0.4, -0.2) is 26.8 Å². The molecule has 10 heteroatoms. The first-order chi connectivity index (χ1) is 12.8. The van der Waals surface area contributed by atoms with E-state index in [1.165, 1.54) is 26.4 Å². The van der Waals surface area contributed by atoms with Crippen LogP contribution >= 0.6 is 42.4 Å². The quantitative estimate of drug-likeness (QED) is 0.374. The molecule has 0 spiro atoms. The van der Waals surface area contributed by atoms with Crippen LogP contribution in [-0.2, 0) is 23.1 Å². The summed E-state index contributed by atoms with van der Waals surface area (Å²) in [6.07, 6.45) is 0. The maximum Gasteiger partial charge on any atom is 0.375 e. The van der Waals surface area contributed by atoms with Gasteiger partial charge in [0.15, 0.2) is 6.61 Å². The van der Waals surface area contributed by atoms with Gasteiger partial charge in [0.25, 0.3) is 0 Å². The van der Waals surface area contributed by atoms with Crippen molar-refractivity contribution in [2.75, 3.05) is 20.8 Å². The van der Waals surface area contributed by atoms with Crippen LogP contribution in [0.2, 0.25) is 15.1 Å². The standard InChI is InChI=1S/C17H16Cl3O6P/c1-23-27(22,24-2)17(12-5-3-4-6-13(12)19)26-16(21)10-25-15-8-7-11(18)9-14(15)20/h3-9,17H,10H2,1-2H3. The van der Waals surface area contributed by atoms with Gasteiger partial charge in [-0.3, -0.25) is 4.57 Å². The topological polar surface area (TPSA) is 71.1 Å². The lowest BCUT2D eigenvalue weighted by Crippen LogP contribution is -2.19. The third-order valence-electron chi connectivity index (χ3n) is 3.45. The van der Waals surface area contributed by atoms with Gasteiger partial charge >= 0.3 is 13.6 Å². The summed E-state index contributed by atoms with van der Waals surface area (Å²) >= 11 is 17.9. The zero-order chi connectivity index (χ0) is 20.0. The normalized spacial score (nSPS) is 12.5. The van der Waals surface area contributed by atoms with Gasteiger partial charge in [-0.25, -0.2) is 4.79 Å². The van der Waals surface area contributed by atoms with Crippen molar-refractivity contribution in [1.82, 2.24) is 0 Å². The first-order valence-corrected chi connectivity index (χ1v) is 10.3. The van der Waals surface area contributed by atoms with Crippen LogP contribution in [0.4, 0.5) is 0 Å². The molecular weight excluding hydrogens is 438 g/mol. The molecule has 2 aromatic carbocycles. The Bertz CT molecular complexity index is 852. The average Bonchev–Trinajstić information content (AvgIpc) is 2.65. The summed E-state index contributed by atoms with van der Waals surface area (Å²) in [5.41, 5.74) is 0.282. The Hall–Kier alpha value is -1.27. The van der Waals surface area contributed by atoms with Crippen LogP contribution in [0.1, 0.15) is 11.4 Å². The van der Waals surface area contributed by atoms with Gasteiger partial charge in [-0.2, -0.15) is 0 Å². The van der Waals surface area contributed by atoms with Gasteiger partial charge in [-0.1, -0.05) is 53.0 Å². The van der Waals surface area contributed by atoms with Crippen molar-refractivity contribution in [1.29, 1.82) is 0 Å². The van der Waals surface area contributed by atoms with Crippen molar-refractivity contribution in [2.24, 2.45) is 0 Å². The zero-order valence-electron chi connectivity index (χ0n) is 14.4. The summed E-state index contributed by atoms with van der Waals surface area (Å²) in [5, 5.41) is 0.901. The third-order valence-corrected chi connectivity index (χ3v) is 6.30. The van der Waals surface area contributed by atoms with Crippen LogP contribution in [0.5, 0.6) is 5.75 Å². The molecule has 0 aliphatic heterocycles. The highest BCUT2D eigenvalue weighted by Crippen LogP contribution is 2.61. The van der Waals surface area contributed by atoms with Crippen LogP contribution in [0.3, 0.4) is 0 Å². The highest BCUT2D eigenvalue weighted by atomic mass is 35.5. The van der Waals surface area contributed by atoms with Crippen LogP contribution < -0.4 is 4.74 Å². The minimum absolute atomic E-state index is 0.234. The fourth-order valence-electron chi connectivity index (χ4n) is 2.13. The van der Waals surface area contributed by atoms with E-state index < -0.39 is 26.0 Å². The van der Waals surface area contributed by atoms with Crippen molar-refractivity contribution in [2.45, 2.75) is 5.85 Å². The summed E-state index contributed by atoms with van der Waals surface area (Å²) in [7, 11) is -1.46. The van der Waals surface area contributed by atoms with E-state index in [0.717, 1.165) is 0 Å². The summed E-state index contributed by atoms with van der Waals surface area (Å²) in [6.45, 7) is -0.490. The molecule has 0 aliphatic rings. The summed E-state index contributed by atoms with van der Waals surface area (Å²) in [4.78, 5) is 12.3. The van der Waals surface area contributed by atoms with Crippen molar-refractivity contribution < 1.29 is 27.9 Å². The van der Waals surface area contributed by atoms with E-state index >= 15 is 0 Å². The van der Waals surface area contributed by atoms with Crippen LogP contribution in [0.25, 0.3) is 0 Å². The molecule has 146 valence electrons. The minimum Gasteiger partial charge on any atom is -0.480 e. The first-order valence-electron chi connectivity index (χ1n) is 7.53. The zero-order valence-corrected chi connectivity index (χ0v) is 17.5. The molecular formula is C17H16Cl3O6P. The highest BCUT2D eigenvalue weighted by molar-refractivity contribution is 7.54. The van der Waals surface area contributed by atoms with Crippen molar-refractivity contribution in [3.8, 4) is 5.75 Å². The molecule has 1 atom stereocenters. The van der Waals surface area contributed by atoms with E-state index in [2.05, 4.69) is 0 Å². The molecule has 27 heavy (non-hydrogen) atoms.